The highest BCUT2D eigenvalue weighted by atomic mass is 35.5. The Balaban J connectivity index is 2.11. The third-order valence-electron chi connectivity index (χ3n) is 3.08. The molecule has 0 atom stereocenters. The van der Waals surface area contributed by atoms with Crippen LogP contribution in [-0.4, -0.2) is 26.0 Å². The molecule has 1 aliphatic heterocycles. The smallest absolute Gasteiger partial charge is 0.202 e. The maximum absolute atomic E-state index is 6.00. The molecule has 1 saturated heterocycles. The zero-order valence-corrected chi connectivity index (χ0v) is 10.8. The first-order chi connectivity index (χ1) is 8.25. The lowest BCUT2D eigenvalue weighted by atomic mass is 10.1. The minimum Gasteiger partial charge on any atom is -0.369 e. The first-order valence-corrected chi connectivity index (χ1v) is 7.15. The highest BCUT2D eigenvalue weighted by Crippen LogP contribution is 2.32. The molecule has 0 spiro atoms. The Morgan fingerprint density at radius 3 is 2.94 bits per heavy atom. The number of pyridine rings is 1. The number of thioether (sulfide) groups is 1. The fourth-order valence-corrected chi connectivity index (χ4v) is 3.51. The molecule has 4 nitrogen and oxygen atoms in total. The third-order valence-corrected chi connectivity index (χ3v) is 4.34. The average molecular weight is 269 g/mol. The fourth-order valence-electron chi connectivity index (χ4n) is 2.28. The van der Waals surface area contributed by atoms with E-state index in [4.69, 9.17) is 17.3 Å². The number of fused-ring (bicyclic) bond motifs is 1. The summed E-state index contributed by atoms with van der Waals surface area (Å²) in [5.41, 5.74) is 7.63. The number of nitrogens with two attached hydrogens (primary N) is 1. The molecule has 0 bridgehead atoms. The van der Waals surface area contributed by atoms with Crippen LogP contribution in [0.3, 0.4) is 0 Å². The molecule has 2 aromatic rings. The first-order valence-electron chi connectivity index (χ1n) is 5.62. The Hall–Kier alpha value is -0.940. The lowest BCUT2D eigenvalue weighted by molar-refractivity contribution is 0.484. The topological polar surface area (TPSA) is 56.7 Å². The van der Waals surface area contributed by atoms with Crippen molar-refractivity contribution in [3.05, 3.63) is 17.3 Å². The van der Waals surface area contributed by atoms with E-state index in [1.165, 1.54) is 11.5 Å². The molecule has 0 amide bonds. The van der Waals surface area contributed by atoms with Crippen LogP contribution in [-0.2, 0) is 0 Å². The molecule has 17 heavy (non-hydrogen) atoms. The molecule has 0 aliphatic carbocycles. The molecule has 0 unspecified atom stereocenters. The second-order valence-electron chi connectivity index (χ2n) is 4.18. The third kappa shape index (κ3) is 1.98. The van der Waals surface area contributed by atoms with Gasteiger partial charge in [0.25, 0.3) is 0 Å². The quantitative estimate of drug-likeness (QED) is 0.864. The molecule has 2 aromatic heterocycles. The Kier molecular flexibility index (Phi) is 2.88. The van der Waals surface area contributed by atoms with Crippen molar-refractivity contribution in [2.75, 3.05) is 17.2 Å². The monoisotopic (exact) mass is 268 g/mol. The van der Waals surface area contributed by atoms with Gasteiger partial charge >= 0.3 is 0 Å². The van der Waals surface area contributed by atoms with E-state index in [0.717, 1.165) is 24.0 Å². The summed E-state index contributed by atoms with van der Waals surface area (Å²) in [5.74, 6) is 2.90. The molecule has 3 heterocycles. The van der Waals surface area contributed by atoms with Crippen LogP contribution in [0.2, 0.25) is 5.02 Å². The maximum atomic E-state index is 6.00. The van der Waals surface area contributed by atoms with Gasteiger partial charge in [-0.05, 0) is 30.4 Å². The van der Waals surface area contributed by atoms with Crippen LogP contribution < -0.4 is 5.73 Å². The first kappa shape index (κ1) is 11.2. The summed E-state index contributed by atoms with van der Waals surface area (Å²) in [6, 6.07) is 2.24. The molecular formula is C11H13ClN4S. The predicted octanol–water partition coefficient (Wildman–Crippen LogP) is 2.74. The van der Waals surface area contributed by atoms with E-state index >= 15 is 0 Å². The van der Waals surface area contributed by atoms with Crippen molar-refractivity contribution in [3.63, 3.8) is 0 Å². The summed E-state index contributed by atoms with van der Waals surface area (Å²) in [5, 5.41) is 0.598. The van der Waals surface area contributed by atoms with Crippen molar-refractivity contribution in [2.24, 2.45) is 0 Å². The molecule has 3 rings (SSSR count). The number of aromatic nitrogens is 3. The zero-order valence-electron chi connectivity index (χ0n) is 9.27. The van der Waals surface area contributed by atoms with E-state index in [9.17, 15) is 0 Å². The van der Waals surface area contributed by atoms with Gasteiger partial charge in [0.2, 0.25) is 5.95 Å². The highest BCUT2D eigenvalue weighted by molar-refractivity contribution is 7.99. The molecule has 2 N–H and O–H groups in total. The summed E-state index contributed by atoms with van der Waals surface area (Å²) >= 11 is 7.90. The minimum atomic E-state index is 0.426. The van der Waals surface area contributed by atoms with Crippen molar-refractivity contribution >= 4 is 40.5 Å². The van der Waals surface area contributed by atoms with Gasteiger partial charge in [-0.15, -0.1) is 0 Å². The van der Waals surface area contributed by atoms with Crippen molar-refractivity contribution in [2.45, 2.75) is 18.9 Å². The highest BCUT2D eigenvalue weighted by Gasteiger charge is 2.21. The van der Waals surface area contributed by atoms with Gasteiger partial charge in [0.05, 0.1) is 5.02 Å². The lowest BCUT2D eigenvalue weighted by Crippen LogP contribution is -2.17. The lowest BCUT2D eigenvalue weighted by Gasteiger charge is -2.23. The van der Waals surface area contributed by atoms with Crippen molar-refractivity contribution in [1.82, 2.24) is 14.5 Å². The van der Waals surface area contributed by atoms with E-state index in [1.54, 1.807) is 6.20 Å². The standard InChI is InChI=1S/C11H13ClN4S/c12-7-5-9-10(14-6-7)16(11(13)15-9)8-1-3-17-4-2-8/h5-6,8H,1-4H2,(H2,13,15). The van der Waals surface area contributed by atoms with Crippen LogP contribution in [0.15, 0.2) is 12.3 Å². The summed E-state index contributed by atoms with van der Waals surface area (Å²) in [4.78, 5) is 8.69. The molecule has 0 radical (unpaired) electrons. The van der Waals surface area contributed by atoms with Crippen LogP contribution in [0, 0.1) is 0 Å². The van der Waals surface area contributed by atoms with E-state index in [-0.39, 0.29) is 0 Å². The van der Waals surface area contributed by atoms with Gasteiger partial charge in [-0.2, -0.15) is 11.8 Å². The zero-order chi connectivity index (χ0) is 11.8. The summed E-state index contributed by atoms with van der Waals surface area (Å²) in [6.07, 6.45) is 3.91. The van der Waals surface area contributed by atoms with Gasteiger partial charge in [-0.1, -0.05) is 11.6 Å². The Bertz CT molecular complexity index is 548. The maximum Gasteiger partial charge on any atom is 0.202 e. The van der Waals surface area contributed by atoms with Crippen molar-refractivity contribution < 1.29 is 0 Å². The van der Waals surface area contributed by atoms with Crippen LogP contribution in [0.4, 0.5) is 5.95 Å². The largest absolute Gasteiger partial charge is 0.369 e. The molecule has 1 fully saturated rings. The number of imidazole rings is 1. The van der Waals surface area contributed by atoms with Gasteiger partial charge in [0.1, 0.15) is 5.52 Å². The molecule has 6 heteroatoms. The van der Waals surface area contributed by atoms with Gasteiger partial charge < -0.3 is 5.73 Å². The number of anilines is 1. The molecule has 0 aromatic carbocycles. The second kappa shape index (κ2) is 4.38. The summed E-state index contributed by atoms with van der Waals surface area (Å²) in [7, 11) is 0. The summed E-state index contributed by atoms with van der Waals surface area (Å²) in [6.45, 7) is 0. The number of rotatable bonds is 1. The number of hydrogen-bond acceptors (Lipinski definition) is 4. The van der Waals surface area contributed by atoms with Crippen LogP contribution in [0.5, 0.6) is 0 Å². The normalized spacial score (nSPS) is 17.7. The van der Waals surface area contributed by atoms with E-state index in [1.807, 2.05) is 17.8 Å². The second-order valence-corrected chi connectivity index (χ2v) is 5.84. The Morgan fingerprint density at radius 1 is 1.41 bits per heavy atom. The predicted molar refractivity (Wildman–Crippen MR) is 72.5 cm³/mol. The Morgan fingerprint density at radius 2 is 2.18 bits per heavy atom. The molecular weight excluding hydrogens is 256 g/mol. The Labute approximate surface area is 109 Å². The van der Waals surface area contributed by atoms with Gasteiger partial charge in [-0.3, -0.25) is 4.57 Å². The average Bonchev–Trinajstić information content (AvgIpc) is 2.65. The number of nitrogen functional groups attached to an aromatic ring is 1. The van der Waals surface area contributed by atoms with E-state index < -0.39 is 0 Å². The molecule has 0 saturated carbocycles. The minimum absolute atomic E-state index is 0.426. The van der Waals surface area contributed by atoms with Crippen molar-refractivity contribution in [1.29, 1.82) is 0 Å². The van der Waals surface area contributed by atoms with Gasteiger partial charge in [0.15, 0.2) is 5.65 Å². The number of nitrogens with zero attached hydrogens (tertiary/aromatic N) is 3. The number of halogens is 1. The van der Waals surface area contributed by atoms with E-state index in [0.29, 0.717) is 17.0 Å². The SMILES string of the molecule is Nc1nc2cc(Cl)cnc2n1C1CCSCC1. The van der Waals surface area contributed by atoms with E-state index in [2.05, 4.69) is 14.5 Å². The van der Waals surface area contributed by atoms with Crippen LogP contribution in [0.1, 0.15) is 18.9 Å². The van der Waals surface area contributed by atoms with Gasteiger partial charge in [0, 0.05) is 12.2 Å². The van der Waals surface area contributed by atoms with Crippen molar-refractivity contribution in [3.8, 4) is 0 Å². The molecule has 1 aliphatic rings. The molecule has 90 valence electrons. The van der Waals surface area contributed by atoms with Crippen LogP contribution >= 0.6 is 23.4 Å². The fraction of sp³-hybridized carbons (Fsp3) is 0.455. The van der Waals surface area contributed by atoms with Crippen LogP contribution in [0.25, 0.3) is 11.2 Å². The van der Waals surface area contributed by atoms with Gasteiger partial charge in [-0.25, -0.2) is 9.97 Å². The number of hydrogen-bond donors (Lipinski definition) is 1. The summed E-state index contributed by atoms with van der Waals surface area (Å²) < 4.78 is 2.06.